The first-order valence-corrected chi connectivity index (χ1v) is 8.62. The van der Waals surface area contributed by atoms with Crippen LogP contribution >= 0.6 is 11.8 Å². The summed E-state index contributed by atoms with van der Waals surface area (Å²) < 4.78 is 5.64. The van der Waals surface area contributed by atoms with E-state index in [9.17, 15) is 20.2 Å². The topological polar surface area (TPSA) is 97.1 Å². The maximum absolute atomic E-state index is 12.5. The van der Waals surface area contributed by atoms with Gasteiger partial charge in [0.05, 0.1) is 4.92 Å². The Labute approximate surface area is 158 Å². The number of nitro groups is 1. The van der Waals surface area contributed by atoms with Crippen LogP contribution < -0.4 is 0 Å². The predicted octanol–water partition coefficient (Wildman–Crippen LogP) is 5.13. The molecule has 0 spiro atoms. The Hall–Kier alpha value is -3.63. The van der Waals surface area contributed by atoms with Gasteiger partial charge in [0.15, 0.2) is 5.09 Å². The van der Waals surface area contributed by atoms with E-state index in [2.05, 4.69) is 0 Å². The van der Waals surface area contributed by atoms with Crippen molar-refractivity contribution in [2.45, 2.75) is 9.99 Å². The number of rotatable bonds is 6. The van der Waals surface area contributed by atoms with E-state index in [1.165, 1.54) is 36.0 Å². The third-order valence-corrected chi connectivity index (χ3v) is 4.46. The quantitative estimate of drug-likeness (QED) is 0.194. The van der Waals surface area contributed by atoms with E-state index >= 15 is 0 Å². The molecular formula is C20H12N2O4S. The van der Waals surface area contributed by atoms with Crippen LogP contribution in [-0.4, -0.2) is 10.7 Å². The van der Waals surface area contributed by atoms with E-state index in [1.54, 1.807) is 12.1 Å². The number of hydrogen-bond donors (Lipinski definition) is 0. The first kappa shape index (κ1) is 18.2. The second-order valence-electron chi connectivity index (χ2n) is 5.38. The van der Waals surface area contributed by atoms with Crippen molar-refractivity contribution in [3.05, 3.63) is 93.7 Å². The second kappa shape index (κ2) is 8.17. The zero-order valence-electron chi connectivity index (χ0n) is 13.9. The van der Waals surface area contributed by atoms with Crippen LogP contribution in [0.15, 0.2) is 86.7 Å². The molecule has 0 aliphatic carbocycles. The van der Waals surface area contributed by atoms with E-state index in [1.807, 2.05) is 36.4 Å². The van der Waals surface area contributed by atoms with Crippen LogP contribution in [0.4, 0.5) is 5.69 Å². The predicted molar refractivity (Wildman–Crippen MR) is 100 cm³/mol. The van der Waals surface area contributed by atoms with Gasteiger partial charge in [-0.15, -0.1) is 0 Å². The Morgan fingerprint density at radius 1 is 1.11 bits per heavy atom. The normalized spacial score (nSPS) is 11.0. The number of carbonyl (C=O) groups is 1. The molecule has 0 N–H and O–H groups in total. The number of hydrogen-bond acceptors (Lipinski definition) is 6. The summed E-state index contributed by atoms with van der Waals surface area (Å²) in [6, 6.07) is 20.1. The summed E-state index contributed by atoms with van der Waals surface area (Å²) in [6.07, 6.45) is 1.33. The van der Waals surface area contributed by atoms with Gasteiger partial charge in [-0.1, -0.05) is 42.1 Å². The minimum atomic E-state index is -0.602. The summed E-state index contributed by atoms with van der Waals surface area (Å²) in [7, 11) is 0. The van der Waals surface area contributed by atoms with Gasteiger partial charge >= 0.3 is 0 Å². The van der Waals surface area contributed by atoms with Crippen LogP contribution in [-0.2, 0) is 0 Å². The molecule has 0 fully saturated rings. The monoisotopic (exact) mass is 376 g/mol. The summed E-state index contributed by atoms with van der Waals surface area (Å²) in [5, 5.41) is 20.8. The van der Waals surface area contributed by atoms with Crippen LogP contribution in [0.5, 0.6) is 0 Å². The molecule has 7 heteroatoms. The van der Waals surface area contributed by atoms with E-state index in [-0.39, 0.29) is 16.8 Å². The van der Waals surface area contributed by atoms with Gasteiger partial charge in [-0.2, -0.15) is 5.26 Å². The molecule has 0 radical (unpaired) electrons. The highest BCUT2D eigenvalue weighted by Gasteiger charge is 2.16. The average molecular weight is 376 g/mol. The molecule has 132 valence electrons. The number of Topliss-reactive ketones (excluding diaryl/α,β-unsaturated/α-hetero) is 1. The lowest BCUT2D eigenvalue weighted by atomic mass is 10.0. The number of nitrogens with zero attached hydrogens (tertiary/aromatic N) is 2. The van der Waals surface area contributed by atoms with Crippen molar-refractivity contribution in [2.75, 3.05) is 0 Å². The van der Waals surface area contributed by atoms with Crippen molar-refractivity contribution in [3.8, 4) is 6.07 Å². The number of furan rings is 1. The standard InChI is InChI=1S/C20H12N2O4S/c21-13-15(20(23)14-5-4-6-16(11-14)22(24)25)12-17-9-10-19(26-17)27-18-7-2-1-3-8-18/h1-12H/b15-12+. The fourth-order valence-corrected chi connectivity index (χ4v) is 3.08. The summed E-state index contributed by atoms with van der Waals surface area (Å²) in [5.41, 5.74) is -0.304. The number of non-ortho nitro benzene ring substituents is 1. The number of allylic oxidation sites excluding steroid dienone is 1. The first-order valence-electron chi connectivity index (χ1n) is 7.80. The van der Waals surface area contributed by atoms with E-state index in [4.69, 9.17) is 4.42 Å². The number of carbonyl (C=O) groups excluding carboxylic acids is 1. The molecule has 27 heavy (non-hydrogen) atoms. The van der Waals surface area contributed by atoms with Crippen molar-refractivity contribution >= 4 is 29.3 Å². The Morgan fingerprint density at radius 3 is 2.59 bits per heavy atom. The number of nitriles is 1. The van der Waals surface area contributed by atoms with Gasteiger partial charge in [0.2, 0.25) is 5.78 Å². The Morgan fingerprint density at radius 2 is 1.89 bits per heavy atom. The highest BCUT2D eigenvalue weighted by molar-refractivity contribution is 7.99. The largest absolute Gasteiger partial charge is 0.450 e. The van der Waals surface area contributed by atoms with E-state index in [0.717, 1.165) is 11.0 Å². The highest BCUT2D eigenvalue weighted by atomic mass is 32.2. The summed E-state index contributed by atoms with van der Waals surface area (Å²) in [6.45, 7) is 0. The SMILES string of the molecule is N#C/C(=C\c1ccc(Sc2ccccc2)o1)C(=O)c1cccc([N+](=O)[O-])c1. The molecule has 6 nitrogen and oxygen atoms in total. The summed E-state index contributed by atoms with van der Waals surface area (Å²) in [4.78, 5) is 23.8. The molecule has 0 saturated heterocycles. The Balaban J connectivity index is 1.82. The third-order valence-electron chi connectivity index (χ3n) is 3.53. The molecule has 3 aromatic rings. The maximum Gasteiger partial charge on any atom is 0.270 e. The van der Waals surface area contributed by atoms with Gasteiger partial charge in [-0.3, -0.25) is 14.9 Å². The fraction of sp³-hybridized carbons (Fsp3) is 0. The Bertz CT molecular complexity index is 1060. The van der Waals surface area contributed by atoms with Gasteiger partial charge in [-0.05, 0) is 24.3 Å². The fourth-order valence-electron chi connectivity index (χ4n) is 2.28. The molecule has 0 atom stereocenters. The zero-order chi connectivity index (χ0) is 19.2. The summed E-state index contributed by atoms with van der Waals surface area (Å²) >= 11 is 1.41. The van der Waals surface area contributed by atoms with E-state index in [0.29, 0.717) is 10.9 Å². The molecule has 0 amide bonds. The molecule has 0 unspecified atom stereocenters. The van der Waals surface area contributed by atoms with Gasteiger partial charge in [-0.25, -0.2) is 0 Å². The smallest absolute Gasteiger partial charge is 0.270 e. The average Bonchev–Trinajstić information content (AvgIpc) is 3.13. The molecule has 0 aliphatic rings. The Kier molecular flexibility index (Phi) is 5.50. The first-order chi connectivity index (χ1) is 13.1. The molecule has 0 saturated carbocycles. The molecular weight excluding hydrogens is 364 g/mol. The molecule has 1 heterocycles. The third kappa shape index (κ3) is 4.51. The molecule has 2 aromatic carbocycles. The van der Waals surface area contributed by atoms with Crippen molar-refractivity contribution in [1.29, 1.82) is 5.26 Å². The van der Waals surface area contributed by atoms with Gasteiger partial charge in [0, 0.05) is 28.7 Å². The lowest BCUT2D eigenvalue weighted by Crippen LogP contribution is -2.02. The molecule has 1 aromatic heterocycles. The number of benzene rings is 2. The van der Waals surface area contributed by atoms with Crippen LogP contribution in [0.1, 0.15) is 16.1 Å². The van der Waals surface area contributed by atoms with Crippen molar-refractivity contribution < 1.29 is 14.1 Å². The lowest BCUT2D eigenvalue weighted by molar-refractivity contribution is -0.384. The zero-order valence-corrected chi connectivity index (χ0v) is 14.7. The molecule has 0 bridgehead atoms. The molecule has 0 aliphatic heterocycles. The number of nitro benzene ring substituents is 1. The van der Waals surface area contributed by atoms with Crippen LogP contribution in [0.25, 0.3) is 6.08 Å². The van der Waals surface area contributed by atoms with Crippen molar-refractivity contribution in [1.82, 2.24) is 0 Å². The molecule has 3 rings (SSSR count). The van der Waals surface area contributed by atoms with Crippen LogP contribution in [0.3, 0.4) is 0 Å². The van der Waals surface area contributed by atoms with Gasteiger partial charge in [0.1, 0.15) is 17.4 Å². The summed E-state index contributed by atoms with van der Waals surface area (Å²) in [5.74, 6) is -0.251. The second-order valence-corrected chi connectivity index (χ2v) is 6.46. The van der Waals surface area contributed by atoms with Crippen molar-refractivity contribution in [3.63, 3.8) is 0 Å². The minimum absolute atomic E-state index is 0.0717. The van der Waals surface area contributed by atoms with Gasteiger partial charge in [0.25, 0.3) is 5.69 Å². The minimum Gasteiger partial charge on any atom is -0.450 e. The number of ketones is 1. The van der Waals surface area contributed by atoms with Crippen LogP contribution in [0, 0.1) is 21.4 Å². The highest BCUT2D eigenvalue weighted by Crippen LogP contribution is 2.29. The van der Waals surface area contributed by atoms with Gasteiger partial charge < -0.3 is 4.42 Å². The lowest BCUT2D eigenvalue weighted by Gasteiger charge is -1.99. The van der Waals surface area contributed by atoms with Crippen LogP contribution in [0.2, 0.25) is 0 Å². The maximum atomic E-state index is 12.5. The van der Waals surface area contributed by atoms with Crippen molar-refractivity contribution in [2.24, 2.45) is 0 Å². The van der Waals surface area contributed by atoms with E-state index < -0.39 is 10.7 Å².